The van der Waals surface area contributed by atoms with Crippen LogP contribution < -0.4 is 5.73 Å². The second-order valence-corrected chi connectivity index (χ2v) is 3.11. The first kappa shape index (κ1) is 7.73. The third-order valence-electron chi connectivity index (χ3n) is 2.35. The minimum atomic E-state index is -0.194. The predicted octanol–water partition coefficient (Wildman–Crippen LogP) is 1.09. The maximum Gasteiger partial charge on any atom is 0.136 e. The van der Waals surface area contributed by atoms with Gasteiger partial charge in [0.2, 0.25) is 0 Å². The van der Waals surface area contributed by atoms with Crippen molar-refractivity contribution in [2.45, 2.75) is 38.1 Å². The summed E-state index contributed by atoms with van der Waals surface area (Å²) in [5, 5.41) is 0. The molecule has 1 unspecified atom stereocenters. The fraction of sp³-hybridized carbons (Fsp3) is 0.875. The molecule has 0 aromatic carbocycles. The van der Waals surface area contributed by atoms with E-state index in [9.17, 15) is 4.79 Å². The van der Waals surface area contributed by atoms with Crippen LogP contribution >= 0.6 is 0 Å². The van der Waals surface area contributed by atoms with Crippen LogP contribution in [0.25, 0.3) is 0 Å². The van der Waals surface area contributed by atoms with Gasteiger partial charge in [-0.1, -0.05) is 19.3 Å². The van der Waals surface area contributed by atoms with E-state index >= 15 is 0 Å². The number of hydrogen-bond donors (Lipinski definition) is 1. The van der Waals surface area contributed by atoms with Gasteiger partial charge < -0.3 is 10.5 Å². The number of carbonyl (C=O) groups excluding carboxylic acids is 1. The Morgan fingerprint density at radius 3 is 2.40 bits per heavy atom. The summed E-state index contributed by atoms with van der Waals surface area (Å²) in [6.07, 6.45) is 7.02. The van der Waals surface area contributed by atoms with E-state index < -0.39 is 0 Å². The SMILES string of the molecule is NC(C=O)C1CCCCC1. The summed E-state index contributed by atoms with van der Waals surface area (Å²) in [6, 6.07) is -0.194. The fourth-order valence-corrected chi connectivity index (χ4v) is 1.63. The molecule has 0 aliphatic heterocycles. The zero-order chi connectivity index (χ0) is 7.40. The van der Waals surface area contributed by atoms with E-state index in [1.165, 1.54) is 19.3 Å². The van der Waals surface area contributed by atoms with Gasteiger partial charge in [0, 0.05) is 0 Å². The summed E-state index contributed by atoms with van der Waals surface area (Å²) in [4.78, 5) is 10.3. The van der Waals surface area contributed by atoms with Gasteiger partial charge in [0.05, 0.1) is 6.04 Å². The van der Waals surface area contributed by atoms with Crippen molar-refractivity contribution in [3.8, 4) is 0 Å². The first-order valence-electron chi connectivity index (χ1n) is 4.05. The van der Waals surface area contributed by atoms with Crippen molar-refractivity contribution in [2.24, 2.45) is 11.7 Å². The normalized spacial score (nSPS) is 24.1. The van der Waals surface area contributed by atoms with E-state index in [4.69, 9.17) is 5.73 Å². The summed E-state index contributed by atoms with van der Waals surface area (Å²) in [5.74, 6) is 0.478. The van der Waals surface area contributed by atoms with Gasteiger partial charge in [0.1, 0.15) is 6.29 Å². The van der Waals surface area contributed by atoms with Crippen LogP contribution in [-0.2, 0) is 4.79 Å². The molecule has 1 atom stereocenters. The first-order valence-corrected chi connectivity index (χ1v) is 4.05. The fourth-order valence-electron chi connectivity index (χ4n) is 1.63. The zero-order valence-corrected chi connectivity index (χ0v) is 6.25. The number of aldehydes is 1. The van der Waals surface area contributed by atoms with Crippen LogP contribution in [0.15, 0.2) is 0 Å². The van der Waals surface area contributed by atoms with Crippen LogP contribution in [0.4, 0.5) is 0 Å². The van der Waals surface area contributed by atoms with Crippen LogP contribution in [0.2, 0.25) is 0 Å². The molecule has 58 valence electrons. The Morgan fingerprint density at radius 2 is 1.90 bits per heavy atom. The molecule has 0 heterocycles. The lowest BCUT2D eigenvalue weighted by atomic mass is 9.85. The van der Waals surface area contributed by atoms with Gasteiger partial charge in [0.25, 0.3) is 0 Å². The topological polar surface area (TPSA) is 43.1 Å². The average molecular weight is 141 g/mol. The number of rotatable bonds is 2. The average Bonchev–Trinajstić information content (AvgIpc) is 2.05. The van der Waals surface area contributed by atoms with Crippen LogP contribution in [0, 0.1) is 5.92 Å². The van der Waals surface area contributed by atoms with E-state index in [-0.39, 0.29) is 6.04 Å². The number of carbonyl (C=O) groups is 1. The van der Waals surface area contributed by atoms with Gasteiger partial charge in [-0.3, -0.25) is 0 Å². The van der Waals surface area contributed by atoms with E-state index in [0.29, 0.717) is 5.92 Å². The van der Waals surface area contributed by atoms with Crippen molar-refractivity contribution >= 4 is 6.29 Å². The molecule has 1 fully saturated rings. The predicted molar refractivity (Wildman–Crippen MR) is 40.6 cm³/mol. The van der Waals surface area contributed by atoms with Crippen molar-refractivity contribution < 1.29 is 4.79 Å². The maximum atomic E-state index is 10.3. The molecule has 10 heavy (non-hydrogen) atoms. The molecule has 0 amide bonds. The van der Waals surface area contributed by atoms with Crippen LogP contribution in [0.3, 0.4) is 0 Å². The lowest BCUT2D eigenvalue weighted by Crippen LogP contribution is -2.32. The standard InChI is InChI=1S/C8H15NO/c9-8(6-10)7-4-2-1-3-5-7/h6-8H,1-5,9H2. The van der Waals surface area contributed by atoms with Crippen molar-refractivity contribution in [1.29, 1.82) is 0 Å². The molecule has 2 nitrogen and oxygen atoms in total. The molecule has 1 rings (SSSR count). The van der Waals surface area contributed by atoms with Crippen LogP contribution in [0.1, 0.15) is 32.1 Å². The molecule has 1 aliphatic rings. The van der Waals surface area contributed by atoms with Crippen molar-refractivity contribution in [3.05, 3.63) is 0 Å². The highest BCUT2D eigenvalue weighted by molar-refractivity contribution is 5.57. The number of hydrogen-bond acceptors (Lipinski definition) is 2. The molecule has 0 spiro atoms. The Balaban J connectivity index is 2.30. The van der Waals surface area contributed by atoms with Crippen LogP contribution in [-0.4, -0.2) is 12.3 Å². The monoisotopic (exact) mass is 141 g/mol. The van der Waals surface area contributed by atoms with Gasteiger partial charge in [-0.15, -0.1) is 0 Å². The Hall–Kier alpha value is -0.370. The lowest BCUT2D eigenvalue weighted by molar-refractivity contribution is -0.110. The van der Waals surface area contributed by atoms with Gasteiger partial charge in [-0.05, 0) is 18.8 Å². The van der Waals surface area contributed by atoms with Gasteiger partial charge in [-0.25, -0.2) is 0 Å². The highest BCUT2D eigenvalue weighted by Gasteiger charge is 2.19. The molecule has 0 radical (unpaired) electrons. The third-order valence-corrected chi connectivity index (χ3v) is 2.35. The Kier molecular flexibility index (Phi) is 2.87. The van der Waals surface area contributed by atoms with E-state index in [1.807, 2.05) is 0 Å². The quantitative estimate of drug-likeness (QED) is 0.585. The minimum Gasteiger partial charge on any atom is -0.322 e. The highest BCUT2D eigenvalue weighted by Crippen LogP contribution is 2.24. The molecule has 1 aliphatic carbocycles. The van der Waals surface area contributed by atoms with Gasteiger partial charge in [-0.2, -0.15) is 0 Å². The molecule has 2 heteroatoms. The summed E-state index contributed by atoms with van der Waals surface area (Å²) in [7, 11) is 0. The molecule has 0 bridgehead atoms. The largest absolute Gasteiger partial charge is 0.322 e. The van der Waals surface area contributed by atoms with E-state index in [1.54, 1.807) is 0 Å². The molecule has 0 saturated heterocycles. The Morgan fingerprint density at radius 1 is 1.30 bits per heavy atom. The summed E-state index contributed by atoms with van der Waals surface area (Å²) < 4.78 is 0. The third kappa shape index (κ3) is 1.81. The smallest absolute Gasteiger partial charge is 0.136 e. The second kappa shape index (κ2) is 3.71. The maximum absolute atomic E-state index is 10.3. The number of nitrogens with two attached hydrogens (primary N) is 1. The zero-order valence-electron chi connectivity index (χ0n) is 6.25. The molecular weight excluding hydrogens is 126 g/mol. The summed E-state index contributed by atoms with van der Waals surface area (Å²) in [5.41, 5.74) is 5.58. The van der Waals surface area contributed by atoms with Gasteiger partial charge in [0.15, 0.2) is 0 Å². The van der Waals surface area contributed by atoms with E-state index in [0.717, 1.165) is 19.1 Å². The van der Waals surface area contributed by atoms with Gasteiger partial charge >= 0.3 is 0 Å². The van der Waals surface area contributed by atoms with Crippen molar-refractivity contribution in [3.63, 3.8) is 0 Å². The molecule has 1 saturated carbocycles. The highest BCUT2D eigenvalue weighted by atomic mass is 16.1. The molecule has 0 aromatic rings. The van der Waals surface area contributed by atoms with Crippen LogP contribution in [0.5, 0.6) is 0 Å². The summed E-state index contributed by atoms with van der Waals surface area (Å²) >= 11 is 0. The first-order chi connectivity index (χ1) is 4.84. The Bertz CT molecular complexity index is 108. The lowest BCUT2D eigenvalue weighted by Gasteiger charge is -2.23. The van der Waals surface area contributed by atoms with Crippen molar-refractivity contribution in [2.75, 3.05) is 0 Å². The Labute approximate surface area is 61.8 Å². The van der Waals surface area contributed by atoms with Crippen molar-refractivity contribution in [1.82, 2.24) is 0 Å². The second-order valence-electron chi connectivity index (χ2n) is 3.11. The van der Waals surface area contributed by atoms with E-state index in [2.05, 4.69) is 0 Å². The molecule has 2 N–H and O–H groups in total. The molecular formula is C8H15NO. The minimum absolute atomic E-state index is 0.194. The summed E-state index contributed by atoms with van der Waals surface area (Å²) in [6.45, 7) is 0. The molecule has 0 aromatic heterocycles.